The number of amidine groups is 1. The van der Waals surface area contributed by atoms with Gasteiger partial charge in [-0.25, -0.2) is 0 Å². The Kier molecular flexibility index (Phi) is 7.68. The summed E-state index contributed by atoms with van der Waals surface area (Å²) in [7, 11) is 0. The summed E-state index contributed by atoms with van der Waals surface area (Å²) in [5, 5.41) is 20.7. The van der Waals surface area contributed by atoms with Crippen LogP contribution in [0.25, 0.3) is 11.1 Å². The molecule has 0 radical (unpaired) electrons. The Morgan fingerprint density at radius 1 is 1.03 bits per heavy atom. The molecule has 7 heteroatoms. The van der Waals surface area contributed by atoms with E-state index in [1.165, 1.54) is 0 Å². The maximum atomic E-state index is 12.6. The summed E-state index contributed by atoms with van der Waals surface area (Å²) in [6.07, 6.45) is 0.0632. The number of nitrogens with one attached hydrogen (secondary N) is 1. The van der Waals surface area contributed by atoms with Crippen molar-refractivity contribution >= 4 is 17.7 Å². The summed E-state index contributed by atoms with van der Waals surface area (Å²) < 4.78 is 0. The second-order valence-corrected chi connectivity index (χ2v) is 7.54. The van der Waals surface area contributed by atoms with Gasteiger partial charge in [-0.3, -0.25) is 9.59 Å². The summed E-state index contributed by atoms with van der Waals surface area (Å²) >= 11 is 0. The molecule has 0 aromatic heterocycles. The summed E-state index contributed by atoms with van der Waals surface area (Å²) in [5.74, 6) is -1.15. The van der Waals surface area contributed by atoms with Gasteiger partial charge in [0.1, 0.15) is 5.84 Å². The van der Waals surface area contributed by atoms with Gasteiger partial charge in [0.15, 0.2) is 0 Å². The van der Waals surface area contributed by atoms with Crippen molar-refractivity contribution < 1.29 is 14.7 Å². The van der Waals surface area contributed by atoms with E-state index in [0.29, 0.717) is 29.8 Å². The fraction of sp³-hybridized carbons (Fsp3) is 0.154. The molecule has 3 aromatic rings. The zero-order valence-corrected chi connectivity index (χ0v) is 18.2. The quantitative estimate of drug-likeness (QED) is 0.279. The number of nitrogens with two attached hydrogens (primary N) is 1. The standard InChI is InChI=1S/C26H24N4O3/c1-17-14-22(10-11-23(17)20-6-2-18(15-27)3-7-20)26(33)30-25(28)21-8-4-19(5-9-21)16-29-13-12-24(31)32/h2-11,14,29H,12-13,16H2,1H3,(H,31,32)(H2,28,30,33). The van der Waals surface area contributed by atoms with Crippen molar-refractivity contribution in [2.45, 2.75) is 19.9 Å². The third-order valence-corrected chi connectivity index (χ3v) is 5.11. The summed E-state index contributed by atoms with van der Waals surface area (Å²) in [6.45, 7) is 2.84. The van der Waals surface area contributed by atoms with E-state index in [2.05, 4.69) is 16.4 Å². The maximum Gasteiger partial charge on any atom is 0.304 e. The van der Waals surface area contributed by atoms with Crippen molar-refractivity contribution in [2.75, 3.05) is 6.54 Å². The molecule has 7 nitrogen and oxygen atoms in total. The van der Waals surface area contributed by atoms with E-state index in [-0.39, 0.29) is 12.3 Å². The van der Waals surface area contributed by atoms with Gasteiger partial charge in [-0.1, -0.05) is 42.5 Å². The fourth-order valence-corrected chi connectivity index (χ4v) is 3.30. The lowest BCUT2D eigenvalue weighted by Crippen LogP contribution is -2.18. The smallest absolute Gasteiger partial charge is 0.304 e. The second-order valence-electron chi connectivity index (χ2n) is 7.54. The second kappa shape index (κ2) is 10.8. The fourth-order valence-electron chi connectivity index (χ4n) is 3.30. The Morgan fingerprint density at radius 3 is 2.30 bits per heavy atom. The van der Waals surface area contributed by atoms with Crippen molar-refractivity contribution in [1.82, 2.24) is 5.32 Å². The van der Waals surface area contributed by atoms with Gasteiger partial charge in [-0.2, -0.15) is 10.3 Å². The van der Waals surface area contributed by atoms with Crippen LogP contribution in [0.15, 0.2) is 71.7 Å². The van der Waals surface area contributed by atoms with Crippen LogP contribution in [0.1, 0.15) is 39.0 Å². The summed E-state index contributed by atoms with van der Waals surface area (Å²) in [6, 6.07) is 22.0. The number of aliphatic carboxylic acids is 1. The minimum absolute atomic E-state index is 0.0632. The highest BCUT2D eigenvalue weighted by atomic mass is 16.4. The van der Waals surface area contributed by atoms with E-state index in [1.54, 1.807) is 36.4 Å². The Hall–Kier alpha value is -4.28. The van der Waals surface area contributed by atoms with E-state index in [0.717, 1.165) is 22.3 Å². The number of benzene rings is 3. The predicted molar refractivity (Wildman–Crippen MR) is 127 cm³/mol. The van der Waals surface area contributed by atoms with Crippen LogP contribution in [0, 0.1) is 18.3 Å². The molecule has 0 atom stereocenters. The number of hydrogen-bond donors (Lipinski definition) is 3. The van der Waals surface area contributed by atoms with E-state index in [9.17, 15) is 9.59 Å². The molecular formula is C26H24N4O3. The average Bonchev–Trinajstić information content (AvgIpc) is 2.82. The molecule has 0 aliphatic heterocycles. The maximum absolute atomic E-state index is 12.6. The first-order valence-electron chi connectivity index (χ1n) is 10.4. The van der Waals surface area contributed by atoms with Gasteiger partial charge < -0.3 is 16.2 Å². The molecule has 166 valence electrons. The van der Waals surface area contributed by atoms with E-state index in [1.807, 2.05) is 37.3 Å². The van der Waals surface area contributed by atoms with Crippen molar-refractivity contribution in [1.29, 1.82) is 5.26 Å². The van der Waals surface area contributed by atoms with Crippen LogP contribution in [0.5, 0.6) is 0 Å². The van der Waals surface area contributed by atoms with Crippen molar-refractivity contribution in [3.8, 4) is 17.2 Å². The molecule has 0 saturated heterocycles. The molecule has 0 aliphatic rings. The number of nitriles is 1. The lowest BCUT2D eigenvalue weighted by atomic mass is 9.97. The van der Waals surface area contributed by atoms with Crippen LogP contribution in [0.3, 0.4) is 0 Å². The average molecular weight is 441 g/mol. The normalized spacial score (nSPS) is 11.1. The van der Waals surface area contributed by atoms with E-state index < -0.39 is 11.9 Å². The topological polar surface area (TPSA) is 129 Å². The van der Waals surface area contributed by atoms with Crippen LogP contribution in [0.2, 0.25) is 0 Å². The molecule has 0 heterocycles. The SMILES string of the molecule is Cc1cc(C(=O)N=C(N)c2ccc(CNCCC(=O)O)cc2)ccc1-c1ccc(C#N)cc1. The number of carbonyl (C=O) groups is 2. The number of carboxylic acids is 1. The van der Waals surface area contributed by atoms with Gasteiger partial charge >= 0.3 is 5.97 Å². The number of hydrogen-bond acceptors (Lipinski definition) is 4. The van der Waals surface area contributed by atoms with E-state index in [4.69, 9.17) is 16.1 Å². The summed E-state index contributed by atoms with van der Waals surface area (Å²) in [4.78, 5) is 27.2. The van der Waals surface area contributed by atoms with Crippen LogP contribution in [-0.4, -0.2) is 29.4 Å². The molecule has 4 N–H and O–H groups in total. The summed E-state index contributed by atoms with van der Waals surface area (Å²) in [5.41, 5.74) is 11.5. The number of aliphatic imine (C=N–C) groups is 1. The highest BCUT2D eigenvalue weighted by Gasteiger charge is 2.10. The molecule has 33 heavy (non-hydrogen) atoms. The molecule has 0 unspecified atom stereocenters. The van der Waals surface area contributed by atoms with Gasteiger partial charge in [-0.05, 0) is 53.4 Å². The number of aryl methyl sites for hydroxylation is 1. The van der Waals surface area contributed by atoms with Gasteiger partial charge in [0.2, 0.25) is 0 Å². The third kappa shape index (κ3) is 6.35. The number of carbonyl (C=O) groups excluding carboxylic acids is 1. The Balaban J connectivity index is 1.68. The minimum Gasteiger partial charge on any atom is -0.481 e. The number of amides is 1. The van der Waals surface area contributed by atoms with Crippen molar-refractivity contribution in [2.24, 2.45) is 10.7 Å². The van der Waals surface area contributed by atoms with E-state index >= 15 is 0 Å². The Bertz CT molecular complexity index is 1220. The first-order chi connectivity index (χ1) is 15.9. The minimum atomic E-state index is -0.842. The molecule has 1 amide bonds. The number of rotatable bonds is 8. The van der Waals surface area contributed by atoms with Crippen molar-refractivity contribution in [3.63, 3.8) is 0 Å². The molecule has 0 aliphatic carbocycles. The number of carboxylic acid groups (broad SMARTS) is 1. The molecular weight excluding hydrogens is 416 g/mol. The molecule has 3 aromatic carbocycles. The highest BCUT2D eigenvalue weighted by molar-refractivity contribution is 6.09. The van der Waals surface area contributed by atoms with Crippen LogP contribution in [-0.2, 0) is 11.3 Å². The van der Waals surface area contributed by atoms with Crippen LogP contribution < -0.4 is 11.1 Å². The lowest BCUT2D eigenvalue weighted by Gasteiger charge is -2.08. The molecule has 0 saturated carbocycles. The lowest BCUT2D eigenvalue weighted by molar-refractivity contribution is -0.136. The highest BCUT2D eigenvalue weighted by Crippen LogP contribution is 2.25. The molecule has 0 bridgehead atoms. The monoisotopic (exact) mass is 440 g/mol. The van der Waals surface area contributed by atoms with Gasteiger partial charge in [0.25, 0.3) is 5.91 Å². The third-order valence-electron chi connectivity index (χ3n) is 5.11. The van der Waals surface area contributed by atoms with Gasteiger partial charge in [0, 0.05) is 24.2 Å². The first-order valence-corrected chi connectivity index (χ1v) is 10.4. The van der Waals surface area contributed by atoms with Crippen LogP contribution >= 0.6 is 0 Å². The van der Waals surface area contributed by atoms with Gasteiger partial charge in [-0.15, -0.1) is 0 Å². The molecule has 0 spiro atoms. The van der Waals surface area contributed by atoms with Crippen LogP contribution in [0.4, 0.5) is 0 Å². The van der Waals surface area contributed by atoms with Crippen molar-refractivity contribution in [3.05, 3.63) is 94.5 Å². The molecule has 0 fully saturated rings. The van der Waals surface area contributed by atoms with Gasteiger partial charge in [0.05, 0.1) is 18.1 Å². The Labute approximate surface area is 192 Å². The molecule has 3 rings (SSSR count). The number of nitrogens with zero attached hydrogens (tertiary/aromatic N) is 2. The Morgan fingerprint density at radius 2 is 1.70 bits per heavy atom. The largest absolute Gasteiger partial charge is 0.481 e. The zero-order valence-electron chi connectivity index (χ0n) is 18.2. The predicted octanol–water partition coefficient (Wildman–Crippen LogP) is 3.64. The zero-order chi connectivity index (χ0) is 23.8. The first kappa shape index (κ1) is 23.4.